The Morgan fingerprint density at radius 2 is 2.04 bits per heavy atom. The molecular formula is C15H15N5O2S. The zero-order valence-corrected chi connectivity index (χ0v) is 13.0. The van der Waals surface area contributed by atoms with Gasteiger partial charge in [0.15, 0.2) is 0 Å². The number of thiophene rings is 1. The van der Waals surface area contributed by atoms with Gasteiger partial charge in [-0.15, -0.1) is 11.3 Å². The number of nitrogens with one attached hydrogen (secondary N) is 1. The van der Waals surface area contributed by atoms with Crippen molar-refractivity contribution < 1.29 is 4.79 Å². The zero-order valence-electron chi connectivity index (χ0n) is 12.2. The van der Waals surface area contributed by atoms with Gasteiger partial charge in [0.2, 0.25) is 5.91 Å². The number of aryl methyl sites for hydroxylation is 1. The minimum Gasteiger partial charge on any atom is -0.335 e. The first-order valence-electron chi connectivity index (χ1n) is 6.95. The molecule has 8 heteroatoms. The lowest BCUT2D eigenvalue weighted by Crippen LogP contribution is -2.34. The summed E-state index contributed by atoms with van der Waals surface area (Å²) in [6, 6.07) is 9.60. The smallest absolute Gasteiger partial charge is 0.281 e. The first-order chi connectivity index (χ1) is 11.1. The van der Waals surface area contributed by atoms with Crippen LogP contribution >= 0.6 is 11.3 Å². The van der Waals surface area contributed by atoms with Crippen LogP contribution in [0.1, 0.15) is 12.2 Å². The molecule has 0 aliphatic heterocycles. The number of benzene rings is 1. The van der Waals surface area contributed by atoms with Crippen LogP contribution in [0.2, 0.25) is 0 Å². The van der Waals surface area contributed by atoms with E-state index in [9.17, 15) is 9.59 Å². The molecule has 0 aliphatic carbocycles. The number of amides is 1. The molecular weight excluding hydrogens is 314 g/mol. The van der Waals surface area contributed by atoms with Gasteiger partial charge in [0.05, 0.1) is 5.39 Å². The molecule has 3 rings (SSSR count). The van der Waals surface area contributed by atoms with Crippen LogP contribution in [0.15, 0.2) is 40.5 Å². The molecule has 23 heavy (non-hydrogen) atoms. The van der Waals surface area contributed by atoms with Crippen LogP contribution < -0.4 is 22.7 Å². The van der Waals surface area contributed by atoms with E-state index < -0.39 is 0 Å². The largest absolute Gasteiger partial charge is 0.335 e. The third-order valence-corrected chi connectivity index (χ3v) is 4.41. The average molecular weight is 329 g/mol. The summed E-state index contributed by atoms with van der Waals surface area (Å²) in [6.45, 7) is 0. The van der Waals surface area contributed by atoms with Crippen LogP contribution in [0.5, 0.6) is 0 Å². The van der Waals surface area contributed by atoms with E-state index in [1.54, 1.807) is 0 Å². The Balaban J connectivity index is 2.08. The third kappa shape index (κ3) is 2.81. The number of aromatic nitrogens is 2. The number of hydrogen-bond donors (Lipinski definition) is 3. The monoisotopic (exact) mass is 329 g/mol. The summed E-state index contributed by atoms with van der Waals surface area (Å²) in [5.74, 6) is 10.9. The van der Waals surface area contributed by atoms with E-state index in [2.05, 4.69) is 4.98 Å². The fourth-order valence-corrected chi connectivity index (χ4v) is 3.31. The lowest BCUT2D eigenvalue weighted by atomic mass is 10.1. The molecule has 3 aromatic rings. The number of rotatable bonds is 4. The van der Waals surface area contributed by atoms with Crippen molar-refractivity contribution in [3.05, 3.63) is 51.9 Å². The van der Waals surface area contributed by atoms with Gasteiger partial charge in [-0.25, -0.2) is 15.5 Å². The van der Waals surface area contributed by atoms with E-state index in [1.165, 1.54) is 11.3 Å². The summed E-state index contributed by atoms with van der Waals surface area (Å²) >= 11 is 1.38. The van der Waals surface area contributed by atoms with Gasteiger partial charge < -0.3 is 5.84 Å². The van der Waals surface area contributed by atoms with Crippen molar-refractivity contribution in [3.8, 4) is 11.1 Å². The summed E-state index contributed by atoms with van der Waals surface area (Å²) in [6.07, 6.45) is 0.353. The summed E-state index contributed by atoms with van der Waals surface area (Å²) in [5.41, 5.74) is 3.47. The lowest BCUT2D eigenvalue weighted by Gasteiger charge is -2.07. The molecule has 0 spiro atoms. The fraction of sp³-hybridized carbons (Fsp3) is 0.133. The molecule has 1 amide bonds. The molecule has 0 radical (unpaired) electrons. The Morgan fingerprint density at radius 3 is 2.74 bits per heavy atom. The van der Waals surface area contributed by atoms with E-state index in [1.807, 2.05) is 41.1 Å². The predicted octanol–water partition coefficient (Wildman–Crippen LogP) is 0.761. The Bertz CT molecular complexity index is 917. The first-order valence-corrected chi connectivity index (χ1v) is 7.83. The van der Waals surface area contributed by atoms with Gasteiger partial charge in [-0.1, -0.05) is 30.3 Å². The molecule has 2 heterocycles. The summed E-state index contributed by atoms with van der Waals surface area (Å²) in [7, 11) is 0. The predicted molar refractivity (Wildman–Crippen MR) is 90.1 cm³/mol. The maximum absolute atomic E-state index is 12.6. The SMILES string of the molecule is NNC(=O)CCc1nc2scc(-c3ccccc3)c2c(=O)n1N. The van der Waals surface area contributed by atoms with Crippen molar-refractivity contribution in [3.63, 3.8) is 0 Å². The molecule has 0 aliphatic rings. The van der Waals surface area contributed by atoms with Crippen LogP contribution in [-0.4, -0.2) is 15.6 Å². The van der Waals surface area contributed by atoms with Crippen LogP contribution in [-0.2, 0) is 11.2 Å². The van der Waals surface area contributed by atoms with Crippen molar-refractivity contribution >= 4 is 27.5 Å². The number of nitrogens with zero attached hydrogens (tertiary/aromatic N) is 2. The van der Waals surface area contributed by atoms with Gasteiger partial charge >= 0.3 is 0 Å². The summed E-state index contributed by atoms with van der Waals surface area (Å²) in [5, 5.41) is 2.39. The molecule has 0 saturated carbocycles. The van der Waals surface area contributed by atoms with Gasteiger partial charge in [-0.3, -0.25) is 15.0 Å². The number of hydrogen-bond acceptors (Lipinski definition) is 6. The molecule has 0 unspecified atom stereocenters. The Labute approximate surface area is 135 Å². The lowest BCUT2D eigenvalue weighted by molar-refractivity contribution is -0.121. The summed E-state index contributed by atoms with van der Waals surface area (Å²) in [4.78, 5) is 28.9. The number of nitrogen functional groups attached to an aromatic ring is 1. The van der Waals surface area contributed by atoms with Crippen LogP contribution in [0.3, 0.4) is 0 Å². The normalized spacial score (nSPS) is 10.8. The van der Waals surface area contributed by atoms with Gasteiger partial charge in [-0.2, -0.15) is 0 Å². The van der Waals surface area contributed by atoms with Crippen molar-refractivity contribution in [2.45, 2.75) is 12.8 Å². The van der Waals surface area contributed by atoms with Gasteiger partial charge in [-0.05, 0) is 5.56 Å². The molecule has 0 atom stereocenters. The second-order valence-electron chi connectivity index (χ2n) is 4.97. The average Bonchev–Trinajstić information content (AvgIpc) is 3.01. The topological polar surface area (TPSA) is 116 Å². The molecule has 0 saturated heterocycles. The highest BCUT2D eigenvalue weighted by Gasteiger charge is 2.16. The molecule has 7 nitrogen and oxygen atoms in total. The van der Waals surface area contributed by atoms with Crippen molar-refractivity contribution in [1.82, 2.24) is 15.1 Å². The Morgan fingerprint density at radius 1 is 1.30 bits per heavy atom. The van der Waals surface area contributed by atoms with Gasteiger partial charge in [0, 0.05) is 23.8 Å². The number of nitrogens with two attached hydrogens (primary N) is 2. The minimum absolute atomic E-state index is 0.114. The summed E-state index contributed by atoms with van der Waals surface area (Å²) < 4.78 is 1.01. The molecule has 0 fully saturated rings. The maximum Gasteiger partial charge on any atom is 0.281 e. The molecule has 5 N–H and O–H groups in total. The Kier molecular flexibility index (Phi) is 4.09. The standard InChI is InChI=1S/C15H15N5O2S/c16-19-12(21)7-6-11-18-14-13(15(22)20(11)17)10(8-23-14)9-4-2-1-3-5-9/h1-5,8H,6-7,16-17H2,(H,19,21). The van der Waals surface area contributed by atoms with Crippen LogP contribution in [0, 0.1) is 0 Å². The van der Waals surface area contributed by atoms with E-state index in [0.29, 0.717) is 16.0 Å². The van der Waals surface area contributed by atoms with E-state index in [0.717, 1.165) is 15.8 Å². The Hall–Kier alpha value is -2.71. The maximum atomic E-state index is 12.6. The first kappa shape index (κ1) is 15.2. The second-order valence-corrected chi connectivity index (χ2v) is 5.82. The quantitative estimate of drug-likeness (QED) is 0.371. The van der Waals surface area contributed by atoms with E-state index in [4.69, 9.17) is 11.7 Å². The van der Waals surface area contributed by atoms with Crippen molar-refractivity contribution in [2.75, 3.05) is 5.84 Å². The van der Waals surface area contributed by atoms with Gasteiger partial charge in [0.1, 0.15) is 10.7 Å². The van der Waals surface area contributed by atoms with E-state index >= 15 is 0 Å². The van der Waals surface area contributed by atoms with Crippen molar-refractivity contribution in [1.29, 1.82) is 0 Å². The highest BCUT2D eigenvalue weighted by Crippen LogP contribution is 2.30. The zero-order chi connectivity index (χ0) is 16.4. The van der Waals surface area contributed by atoms with Gasteiger partial charge in [0.25, 0.3) is 5.56 Å². The number of fused-ring (bicyclic) bond motifs is 1. The molecule has 2 aromatic heterocycles. The third-order valence-electron chi connectivity index (χ3n) is 3.53. The molecule has 1 aromatic carbocycles. The fourth-order valence-electron chi connectivity index (χ4n) is 2.35. The molecule has 0 bridgehead atoms. The highest BCUT2D eigenvalue weighted by atomic mass is 32.1. The van der Waals surface area contributed by atoms with E-state index in [-0.39, 0.29) is 24.3 Å². The minimum atomic E-state index is -0.337. The van der Waals surface area contributed by atoms with Crippen molar-refractivity contribution in [2.24, 2.45) is 5.84 Å². The van der Waals surface area contributed by atoms with Crippen LogP contribution in [0.25, 0.3) is 21.3 Å². The number of carbonyl (C=O) groups is 1. The number of carbonyl (C=O) groups excluding carboxylic acids is 1. The number of hydrazine groups is 1. The second kappa shape index (κ2) is 6.19. The highest BCUT2D eigenvalue weighted by molar-refractivity contribution is 7.17. The van der Waals surface area contributed by atoms with Crippen LogP contribution in [0.4, 0.5) is 0 Å². The molecule has 118 valence electrons.